The number of halogens is 2. The minimum Gasteiger partial charge on any atom is -0.478 e. The highest BCUT2D eigenvalue weighted by atomic mass is 35.5. The Morgan fingerprint density at radius 2 is 2.31 bits per heavy atom. The Morgan fingerprint density at radius 3 is 2.85 bits per heavy atom. The van der Waals surface area contributed by atoms with Crippen LogP contribution < -0.4 is 4.74 Å². The molecule has 0 aliphatic heterocycles. The van der Waals surface area contributed by atoms with Gasteiger partial charge in [-0.05, 0) is 18.2 Å². The zero-order valence-electron chi connectivity index (χ0n) is 6.46. The summed E-state index contributed by atoms with van der Waals surface area (Å²) < 4.78 is 16.2. The van der Waals surface area contributed by atoms with Crippen LogP contribution in [0.4, 0.5) is 4.39 Å². The molecular formula is C8H6ClFO3. The van der Waals surface area contributed by atoms with E-state index in [0.717, 1.165) is 0 Å². The smallest absolute Gasteiger partial charge is 0.339 e. The van der Waals surface area contributed by atoms with Gasteiger partial charge in [0, 0.05) is 5.02 Å². The van der Waals surface area contributed by atoms with Gasteiger partial charge in [-0.15, -0.1) is 0 Å². The van der Waals surface area contributed by atoms with Gasteiger partial charge in [-0.2, -0.15) is 0 Å². The van der Waals surface area contributed by atoms with Gasteiger partial charge in [-0.25, -0.2) is 9.18 Å². The van der Waals surface area contributed by atoms with Crippen molar-refractivity contribution in [2.75, 3.05) is 6.86 Å². The van der Waals surface area contributed by atoms with Crippen LogP contribution in [0.15, 0.2) is 18.2 Å². The molecule has 1 aromatic rings. The van der Waals surface area contributed by atoms with Gasteiger partial charge in [0.2, 0.25) is 6.86 Å². The minimum atomic E-state index is -1.20. The second kappa shape index (κ2) is 4.09. The number of alkyl halides is 1. The van der Waals surface area contributed by atoms with Crippen molar-refractivity contribution in [3.63, 3.8) is 0 Å². The summed E-state index contributed by atoms with van der Waals surface area (Å²) in [5.74, 6) is -1.23. The molecule has 5 heteroatoms. The van der Waals surface area contributed by atoms with Crippen LogP contribution in [-0.2, 0) is 0 Å². The van der Waals surface area contributed by atoms with Gasteiger partial charge in [0.15, 0.2) is 0 Å². The number of aromatic carboxylic acids is 1. The molecule has 0 saturated heterocycles. The molecule has 0 radical (unpaired) electrons. The zero-order chi connectivity index (χ0) is 9.84. The molecule has 0 heterocycles. The number of hydrogen-bond donors (Lipinski definition) is 1. The highest BCUT2D eigenvalue weighted by Gasteiger charge is 2.11. The predicted octanol–water partition coefficient (Wildman–Crippen LogP) is 2.34. The van der Waals surface area contributed by atoms with Crippen LogP contribution in [0.25, 0.3) is 0 Å². The second-order valence-electron chi connectivity index (χ2n) is 2.20. The highest BCUT2D eigenvalue weighted by molar-refractivity contribution is 6.31. The lowest BCUT2D eigenvalue weighted by atomic mass is 10.2. The van der Waals surface area contributed by atoms with Crippen molar-refractivity contribution < 1.29 is 19.0 Å². The summed E-state index contributed by atoms with van der Waals surface area (Å²) in [7, 11) is 0. The van der Waals surface area contributed by atoms with Gasteiger partial charge in [0.05, 0.1) is 0 Å². The van der Waals surface area contributed by atoms with Crippen molar-refractivity contribution in [3.8, 4) is 5.75 Å². The van der Waals surface area contributed by atoms with E-state index in [2.05, 4.69) is 4.74 Å². The van der Waals surface area contributed by atoms with Gasteiger partial charge < -0.3 is 9.84 Å². The van der Waals surface area contributed by atoms with E-state index in [1.165, 1.54) is 18.2 Å². The molecule has 0 aliphatic rings. The van der Waals surface area contributed by atoms with Crippen LogP contribution in [0.2, 0.25) is 5.02 Å². The maximum Gasteiger partial charge on any atom is 0.339 e. The van der Waals surface area contributed by atoms with Gasteiger partial charge in [-0.3, -0.25) is 0 Å². The normalized spacial score (nSPS) is 9.69. The van der Waals surface area contributed by atoms with E-state index in [1.807, 2.05) is 0 Å². The number of carbonyl (C=O) groups is 1. The van der Waals surface area contributed by atoms with E-state index >= 15 is 0 Å². The fourth-order valence-electron chi connectivity index (χ4n) is 0.854. The monoisotopic (exact) mass is 204 g/mol. The molecule has 0 amide bonds. The number of ether oxygens (including phenoxy) is 1. The summed E-state index contributed by atoms with van der Waals surface area (Å²) >= 11 is 5.55. The Hall–Kier alpha value is -1.29. The Kier molecular flexibility index (Phi) is 3.08. The average Bonchev–Trinajstić information content (AvgIpc) is 2.08. The fraction of sp³-hybridized carbons (Fsp3) is 0.125. The van der Waals surface area contributed by atoms with Gasteiger partial charge in [0.1, 0.15) is 11.3 Å². The third-order valence-electron chi connectivity index (χ3n) is 1.38. The van der Waals surface area contributed by atoms with E-state index in [0.29, 0.717) is 0 Å². The highest BCUT2D eigenvalue weighted by Crippen LogP contribution is 2.22. The summed E-state index contributed by atoms with van der Waals surface area (Å²) in [6, 6.07) is 3.94. The van der Waals surface area contributed by atoms with E-state index in [4.69, 9.17) is 16.7 Å². The first-order chi connectivity index (χ1) is 6.15. The summed E-state index contributed by atoms with van der Waals surface area (Å²) in [6.07, 6.45) is 0. The summed E-state index contributed by atoms with van der Waals surface area (Å²) in [5, 5.41) is 8.92. The Morgan fingerprint density at radius 1 is 1.62 bits per heavy atom. The molecule has 13 heavy (non-hydrogen) atoms. The number of hydrogen-bond acceptors (Lipinski definition) is 2. The number of rotatable bonds is 3. The van der Waals surface area contributed by atoms with E-state index < -0.39 is 12.8 Å². The maximum atomic E-state index is 11.8. The Bertz CT molecular complexity index is 327. The third kappa shape index (κ3) is 2.32. The molecule has 0 spiro atoms. The van der Waals surface area contributed by atoms with Crippen LogP contribution in [-0.4, -0.2) is 17.9 Å². The summed E-state index contributed by atoms with van der Waals surface area (Å²) in [5.41, 5.74) is -0.148. The molecular weight excluding hydrogens is 199 g/mol. The first-order valence-electron chi connectivity index (χ1n) is 3.36. The maximum absolute atomic E-state index is 11.8. The topological polar surface area (TPSA) is 46.5 Å². The standard InChI is InChI=1S/C8H6ClFO3/c9-5-1-2-7(13-4-10)6(3-5)8(11)12/h1-3H,4H2,(H,11,12). The lowest BCUT2D eigenvalue weighted by molar-refractivity contribution is 0.0689. The van der Waals surface area contributed by atoms with E-state index in [9.17, 15) is 9.18 Å². The molecule has 0 fully saturated rings. The van der Waals surface area contributed by atoms with Gasteiger partial charge >= 0.3 is 5.97 Å². The zero-order valence-corrected chi connectivity index (χ0v) is 7.21. The summed E-state index contributed by atoms with van der Waals surface area (Å²) in [4.78, 5) is 10.6. The largest absolute Gasteiger partial charge is 0.478 e. The Labute approximate surface area is 78.7 Å². The SMILES string of the molecule is O=C(O)c1cc(Cl)ccc1OCF. The molecule has 0 saturated carbocycles. The average molecular weight is 205 g/mol. The first-order valence-corrected chi connectivity index (χ1v) is 3.74. The van der Waals surface area contributed by atoms with Crippen molar-refractivity contribution in [1.82, 2.24) is 0 Å². The Balaban J connectivity index is 3.10. The van der Waals surface area contributed by atoms with Crippen LogP contribution in [0.3, 0.4) is 0 Å². The van der Waals surface area contributed by atoms with E-state index in [1.54, 1.807) is 0 Å². The molecule has 0 atom stereocenters. The molecule has 1 N–H and O–H groups in total. The van der Waals surface area contributed by atoms with Crippen LogP contribution in [0.1, 0.15) is 10.4 Å². The summed E-state index contributed by atoms with van der Waals surface area (Å²) in [6.45, 7) is -1.07. The molecule has 3 nitrogen and oxygen atoms in total. The second-order valence-corrected chi connectivity index (χ2v) is 2.64. The van der Waals surface area contributed by atoms with Crippen molar-refractivity contribution >= 4 is 17.6 Å². The lowest BCUT2D eigenvalue weighted by Crippen LogP contribution is -2.01. The first kappa shape index (κ1) is 9.80. The van der Waals surface area contributed by atoms with Crippen LogP contribution >= 0.6 is 11.6 Å². The molecule has 0 aliphatic carbocycles. The number of benzene rings is 1. The van der Waals surface area contributed by atoms with Crippen molar-refractivity contribution in [2.45, 2.75) is 0 Å². The third-order valence-corrected chi connectivity index (χ3v) is 1.62. The minimum absolute atomic E-state index is 0.0283. The van der Waals surface area contributed by atoms with Crippen LogP contribution in [0.5, 0.6) is 5.75 Å². The quantitative estimate of drug-likeness (QED) is 0.822. The molecule has 1 aromatic carbocycles. The molecule has 70 valence electrons. The van der Waals surface area contributed by atoms with Crippen molar-refractivity contribution in [3.05, 3.63) is 28.8 Å². The fourth-order valence-corrected chi connectivity index (χ4v) is 1.03. The van der Waals surface area contributed by atoms with Crippen molar-refractivity contribution in [1.29, 1.82) is 0 Å². The molecule has 0 unspecified atom stereocenters. The van der Waals surface area contributed by atoms with Gasteiger partial charge in [-0.1, -0.05) is 11.6 Å². The molecule has 0 bridgehead atoms. The predicted molar refractivity (Wildman–Crippen MR) is 45.0 cm³/mol. The molecule has 1 rings (SSSR count). The van der Waals surface area contributed by atoms with Gasteiger partial charge in [0.25, 0.3) is 0 Å². The lowest BCUT2D eigenvalue weighted by Gasteiger charge is -2.04. The van der Waals surface area contributed by atoms with Crippen LogP contribution in [0, 0.1) is 0 Å². The number of carboxylic acid groups (broad SMARTS) is 1. The van der Waals surface area contributed by atoms with Crippen molar-refractivity contribution in [2.24, 2.45) is 0 Å². The number of carboxylic acids is 1. The van der Waals surface area contributed by atoms with E-state index in [-0.39, 0.29) is 16.3 Å². The molecule has 0 aromatic heterocycles.